The SMILES string of the molecule is O=C(c1cnc(N(C(=O)c2ccccc2Cl)c2ccc(Cl)cc2)s1)N1CCSCC1. The number of halogens is 2. The average molecular weight is 478 g/mol. The summed E-state index contributed by atoms with van der Waals surface area (Å²) < 4.78 is 0. The van der Waals surface area contributed by atoms with Gasteiger partial charge in [0.1, 0.15) is 4.88 Å². The maximum absolute atomic E-state index is 13.4. The number of thioether (sulfide) groups is 1. The highest BCUT2D eigenvalue weighted by Crippen LogP contribution is 2.34. The molecule has 2 amide bonds. The summed E-state index contributed by atoms with van der Waals surface area (Å²) in [4.78, 5) is 34.5. The number of thiazole rings is 1. The van der Waals surface area contributed by atoms with Crippen molar-refractivity contribution < 1.29 is 9.59 Å². The van der Waals surface area contributed by atoms with Gasteiger partial charge in [0.25, 0.3) is 11.8 Å². The number of aromatic nitrogens is 1. The Bertz CT molecular complexity index is 1070. The molecule has 0 spiro atoms. The van der Waals surface area contributed by atoms with Crippen LogP contribution in [0.3, 0.4) is 0 Å². The largest absolute Gasteiger partial charge is 0.336 e. The van der Waals surface area contributed by atoms with Crippen LogP contribution in [0, 0.1) is 0 Å². The summed E-state index contributed by atoms with van der Waals surface area (Å²) in [6.07, 6.45) is 1.53. The van der Waals surface area contributed by atoms with Gasteiger partial charge >= 0.3 is 0 Å². The zero-order chi connectivity index (χ0) is 21.1. The van der Waals surface area contributed by atoms with E-state index in [1.54, 1.807) is 48.5 Å². The number of carbonyl (C=O) groups excluding carboxylic acids is 2. The Labute approximate surface area is 192 Å². The van der Waals surface area contributed by atoms with E-state index in [1.165, 1.54) is 22.4 Å². The lowest BCUT2D eigenvalue weighted by molar-refractivity contribution is 0.0776. The van der Waals surface area contributed by atoms with E-state index in [0.717, 1.165) is 24.6 Å². The van der Waals surface area contributed by atoms with Crippen molar-refractivity contribution in [1.29, 1.82) is 0 Å². The van der Waals surface area contributed by atoms with Crippen molar-refractivity contribution in [3.05, 3.63) is 75.2 Å². The Morgan fingerprint density at radius 3 is 2.40 bits per heavy atom. The lowest BCUT2D eigenvalue weighted by Crippen LogP contribution is -2.37. The maximum atomic E-state index is 13.4. The molecule has 0 atom stereocenters. The van der Waals surface area contributed by atoms with Crippen molar-refractivity contribution in [1.82, 2.24) is 9.88 Å². The summed E-state index contributed by atoms with van der Waals surface area (Å²) in [5.41, 5.74) is 0.942. The van der Waals surface area contributed by atoms with Gasteiger partial charge < -0.3 is 4.90 Å². The number of nitrogens with zero attached hydrogens (tertiary/aromatic N) is 3. The van der Waals surface area contributed by atoms with E-state index in [9.17, 15) is 9.59 Å². The van der Waals surface area contributed by atoms with Crippen molar-refractivity contribution in [2.24, 2.45) is 0 Å². The summed E-state index contributed by atoms with van der Waals surface area (Å²) in [5.74, 6) is 1.48. The smallest absolute Gasteiger partial charge is 0.266 e. The second-order valence-corrected chi connectivity index (χ2v) is 9.59. The molecule has 5 nitrogen and oxygen atoms in total. The molecule has 1 fully saturated rings. The van der Waals surface area contributed by atoms with Crippen LogP contribution in [-0.2, 0) is 0 Å². The van der Waals surface area contributed by atoms with Crippen LogP contribution in [0.15, 0.2) is 54.7 Å². The predicted molar refractivity (Wildman–Crippen MR) is 125 cm³/mol. The Hall–Kier alpha value is -2.06. The summed E-state index contributed by atoms with van der Waals surface area (Å²) in [6.45, 7) is 1.44. The van der Waals surface area contributed by atoms with Gasteiger partial charge in [-0.25, -0.2) is 4.98 Å². The van der Waals surface area contributed by atoms with Gasteiger partial charge in [0.15, 0.2) is 5.13 Å². The molecule has 0 N–H and O–H groups in total. The fraction of sp³-hybridized carbons (Fsp3) is 0.190. The molecular weight excluding hydrogens is 461 g/mol. The molecule has 1 saturated heterocycles. The quantitative estimate of drug-likeness (QED) is 0.489. The van der Waals surface area contributed by atoms with Crippen LogP contribution >= 0.6 is 46.3 Å². The van der Waals surface area contributed by atoms with Gasteiger partial charge in [0, 0.05) is 29.6 Å². The first-order valence-corrected chi connectivity index (χ1v) is 11.9. The first kappa shape index (κ1) is 21.2. The van der Waals surface area contributed by atoms with Crippen molar-refractivity contribution in [3.63, 3.8) is 0 Å². The van der Waals surface area contributed by atoms with Crippen LogP contribution in [-0.4, -0.2) is 46.3 Å². The van der Waals surface area contributed by atoms with E-state index in [-0.39, 0.29) is 11.8 Å². The molecule has 0 saturated carbocycles. The highest BCUT2D eigenvalue weighted by Gasteiger charge is 2.27. The Balaban J connectivity index is 1.70. The third kappa shape index (κ3) is 4.49. The standard InChI is InChI=1S/C21H17Cl2N3O2S2/c22-14-5-7-15(8-6-14)26(19(27)16-3-1-2-4-17(16)23)21-24-13-18(30-21)20(28)25-9-11-29-12-10-25/h1-8,13H,9-12H2. The van der Waals surface area contributed by atoms with Gasteiger partial charge in [-0.15, -0.1) is 0 Å². The number of rotatable bonds is 4. The molecule has 1 aromatic heterocycles. The minimum absolute atomic E-state index is 0.0553. The normalized spacial score (nSPS) is 13.9. The molecule has 0 radical (unpaired) electrons. The lowest BCUT2D eigenvalue weighted by Gasteiger charge is -2.25. The number of hydrogen-bond acceptors (Lipinski definition) is 5. The monoisotopic (exact) mass is 477 g/mol. The molecule has 0 bridgehead atoms. The highest BCUT2D eigenvalue weighted by molar-refractivity contribution is 7.99. The van der Waals surface area contributed by atoms with E-state index < -0.39 is 0 Å². The fourth-order valence-electron chi connectivity index (χ4n) is 3.05. The van der Waals surface area contributed by atoms with Crippen LogP contribution in [0.5, 0.6) is 0 Å². The average Bonchev–Trinajstić information content (AvgIpc) is 3.25. The van der Waals surface area contributed by atoms with Crippen LogP contribution in [0.4, 0.5) is 10.8 Å². The number of hydrogen-bond donors (Lipinski definition) is 0. The van der Waals surface area contributed by atoms with E-state index in [1.807, 2.05) is 16.7 Å². The van der Waals surface area contributed by atoms with Crippen molar-refractivity contribution in [2.45, 2.75) is 0 Å². The van der Waals surface area contributed by atoms with Crippen LogP contribution in [0.25, 0.3) is 0 Å². The Kier molecular flexibility index (Phi) is 6.63. The van der Waals surface area contributed by atoms with Gasteiger partial charge in [-0.05, 0) is 36.4 Å². The predicted octanol–water partition coefficient (Wildman–Crippen LogP) is 5.62. The van der Waals surface area contributed by atoms with Crippen molar-refractivity contribution in [2.75, 3.05) is 29.5 Å². The fourth-order valence-corrected chi connectivity index (χ4v) is 5.20. The van der Waals surface area contributed by atoms with Gasteiger partial charge in [0.05, 0.1) is 22.5 Å². The van der Waals surface area contributed by atoms with Gasteiger partial charge in [-0.1, -0.05) is 46.7 Å². The summed E-state index contributed by atoms with van der Waals surface area (Å²) >= 11 is 15.3. The van der Waals surface area contributed by atoms with E-state index in [4.69, 9.17) is 23.2 Å². The molecule has 0 aliphatic carbocycles. The summed E-state index contributed by atoms with van der Waals surface area (Å²) in [5, 5.41) is 1.30. The Morgan fingerprint density at radius 1 is 1.00 bits per heavy atom. The molecule has 1 aliphatic rings. The minimum Gasteiger partial charge on any atom is -0.336 e. The maximum Gasteiger partial charge on any atom is 0.266 e. The molecular formula is C21H17Cl2N3O2S2. The highest BCUT2D eigenvalue weighted by atomic mass is 35.5. The van der Waals surface area contributed by atoms with E-state index >= 15 is 0 Å². The number of anilines is 2. The molecule has 2 heterocycles. The van der Waals surface area contributed by atoms with Gasteiger partial charge in [0.2, 0.25) is 0 Å². The van der Waals surface area contributed by atoms with E-state index in [2.05, 4.69) is 4.98 Å². The summed E-state index contributed by atoms with van der Waals surface area (Å²) in [7, 11) is 0. The van der Waals surface area contributed by atoms with Crippen LogP contribution in [0.2, 0.25) is 10.0 Å². The zero-order valence-electron chi connectivity index (χ0n) is 15.8. The third-order valence-corrected chi connectivity index (χ3v) is 7.08. The zero-order valence-corrected chi connectivity index (χ0v) is 18.9. The van der Waals surface area contributed by atoms with Crippen molar-refractivity contribution in [3.8, 4) is 0 Å². The molecule has 30 heavy (non-hydrogen) atoms. The second kappa shape index (κ2) is 9.39. The first-order valence-electron chi connectivity index (χ1n) is 9.22. The molecule has 1 aliphatic heterocycles. The number of carbonyl (C=O) groups is 2. The van der Waals surface area contributed by atoms with Gasteiger partial charge in [-0.2, -0.15) is 11.8 Å². The van der Waals surface area contributed by atoms with Crippen LogP contribution < -0.4 is 4.90 Å². The molecule has 4 rings (SSSR count). The number of amides is 2. The lowest BCUT2D eigenvalue weighted by atomic mass is 10.2. The molecule has 0 unspecified atom stereocenters. The van der Waals surface area contributed by atoms with Crippen molar-refractivity contribution >= 4 is 68.9 Å². The minimum atomic E-state index is -0.328. The number of benzene rings is 2. The third-order valence-electron chi connectivity index (χ3n) is 4.59. The van der Waals surface area contributed by atoms with E-state index in [0.29, 0.717) is 31.3 Å². The van der Waals surface area contributed by atoms with Crippen LogP contribution in [0.1, 0.15) is 20.0 Å². The molecule has 9 heteroatoms. The Morgan fingerprint density at radius 2 is 1.70 bits per heavy atom. The molecule has 3 aromatic rings. The topological polar surface area (TPSA) is 53.5 Å². The first-order chi connectivity index (χ1) is 14.5. The summed E-state index contributed by atoms with van der Waals surface area (Å²) in [6, 6.07) is 13.7. The second-order valence-electron chi connectivity index (χ2n) is 6.51. The van der Waals surface area contributed by atoms with Gasteiger partial charge in [-0.3, -0.25) is 14.5 Å². The molecule has 2 aromatic carbocycles. The molecule has 154 valence electrons.